The van der Waals surface area contributed by atoms with Crippen molar-refractivity contribution in [2.75, 3.05) is 0 Å². The Morgan fingerprint density at radius 1 is 1.00 bits per heavy atom. The first-order valence-corrected chi connectivity index (χ1v) is 8.78. The molecule has 3 rings (SSSR count). The normalized spacial score (nSPS) is 10.4. The minimum atomic E-state index is -0.268. The Labute approximate surface area is 184 Å². The molecule has 142 valence electrons. The summed E-state index contributed by atoms with van der Waals surface area (Å²) in [6.07, 6.45) is 2.00. The average Bonchev–Trinajstić information content (AvgIpc) is 2.88. The standard InChI is InChI=1S/C18H20N2O2.C3H7.ClH.Mg/c1-11(2)17-16(20(21)22)10-9-15-18(17)13-7-5-6-8-14(13)19(15)12(3)4;1-3-2;;/h5-12H,1-4H3;3H,1-2H3;1H;/q;-1;;+2/p-1. The number of nitrogens with zero attached hydrogens (tertiary/aromatic N) is 2. The van der Waals surface area contributed by atoms with Crippen LogP contribution >= 0.6 is 0 Å². The van der Waals surface area contributed by atoms with E-state index >= 15 is 0 Å². The van der Waals surface area contributed by atoms with Gasteiger partial charge in [0.1, 0.15) is 0 Å². The fourth-order valence-electron chi connectivity index (χ4n) is 3.41. The molecule has 3 aromatic rings. The van der Waals surface area contributed by atoms with Gasteiger partial charge in [-0.3, -0.25) is 10.1 Å². The van der Waals surface area contributed by atoms with Crippen LogP contribution in [0.3, 0.4) is 0 Å². The smallest absolute Gasteiger partial charge is 1.00 e. The van der Waals surface area contributed by atoms with E-state index in [-0.39, 0.29) is 52.0 Å². The van der Waals surface area contributed by atoms with E-state index in [4.69, 9.17) is 0 Å². The summed E-state index contributed by atoms with van der Waals surface area (Å²) >= 11 is 0. The summed E-state index contributed by atoms with van der Waals surface area (Å²) < 4.78 is 2.26. The molecule has 0 saturated carbocycles. The number of para-hydroxylation sites is 1. The van der Waals surface area contributed by atoms with E-state index in [0.29, 0.717) is 6.04 Å². The SMILES string of the molecule is CC(C)c1c([N+](=O)[O-])ccc2c1c1ccccc1n2C(C)C.C[CH-]C.[Cl-].[Mg+2]. The first-order valence-electron chi connectivity index (χ1n) is 8.78. The summed E-state index contributed by atoms with van der Waals surface area (Å²) in [5.74, 6) is 0.0931. The van der Waals surface area contributed by atoms with Crippen molar-refractivity contribution in [1.29, 1.82) is 0 Å². The molecule has 27 heavy (non-hydrogen) atoms. The van der Waals surface area contributed by atoms with E-state index in [2.05, 4.69) is 30.5 Å². The monoisotopic (exact) mass is 398 g/mol. The average molecular weight is 399 g/mol. The maximum absolute atomic E-state index is 11.4. The molecule has 1 heterocycles. The predicted octanol–water partition coefficient (Wildman–Crippen LogP) is 3.26. The van der Waals surface area contributed by atoms with Crippen molar-refractivity contribution in [2.24, 2.45) is 0 Å². The third kappa shape index (κ3) is 4.95. The molecule has 0 aliphatic carbocycles. The second kappa shape index (κ2) is 10.9. The van der Waals surface area contributed by atoms with Crippen LogP contribution in [0.5, 0.6) is 0 Å². The quantitative estimate of drug-likeness (QED) is 0.294. The van der Waals surface area contributed by atoms with Gasteiger partial charge < -0.3 is 23.4 Å². The van der Waals surface area contributed by atoms with Gasteiger partial charge in [-0.2, -0.15) is 13.8 Å². The Balaban J connectivity index is 0.00000127. The molecular weight excluding hydrogens is 372 g/mol. The largest absolute Gasteiger partial charge is 2.00 e. The number of benzene rings is 2. The molecular formula is C21H27ClMgN2O2. The molecule has 0 saturated heterocycles. The zero-order chi connectivity index (χ0) is 18.7. The number of nitro benzene ring substituents is 1. The summed E-state index contributed by atoms with van der Waals surface area (Å²) in [5.41, 5.74) is 3.26. The number of hydrogen-bond acceptors (Lipinski definition) is 2. The molecule has 1 aromatic heterocycles. The van der Waals surface area contributed by atoms with Gasteiger partial charge in [0.25, 0.3) is 5.69 Å². The minimum Gasteiger partial charge on any atom is -1.00 e. The van der Waals surface area contributed by atoms with Crippen molar-refractivity contribution in [3.8, 4) is 0 Å². The molecule has 0 N–H and O–H groups in total. The molecule has 0 unspecified atom stereocenters. The van der Waals surface area contributed by atoms with E-state index in [0.717, 1.165) is 27.4 Å². The first kappa shape index (κ1) is 25.7. The van der Waals surface area contributed by atoms with Gasteiger partial charge in [-0.1, -0.05) is 32.0 Å². The van der Waals surface area contributed by atoms with Crippen molar-refractivity contribution in [3.63, 3.8) is 0 Å². The van der Waals surface area contributed by atoms with Crippen molar-refractivity contribution in [3.05, 3.63) is 58.5 Å². The van der Waals surface area contributed by atoms with E-state index in [9.17, 15) is 10.1 Å². The Hall–Kier alpha value is -1.30. The molecule has 4 nitrogen and oxygen atoms in total. The maximum Gasteiger partial charge on any atom is 2.00 e. The number of halogens is 1. The summed E-state index contributed by atoms with van der Waals surface area (Å²) in [7, 11) is 0. The third-order valence-electron chi connectivity index (χ3n) is 4.18. The Morgan fingerprint density at radius 3 is 2.04 bits per heavy atom. The van der Waals surface area contributed by atoms with Crippen LogP contribution in [0.4, 0.5) is 5.69 Å². The molecule has 2 aromatic carbocycles. The maximum atomic E-state index is 11.4. The van der Waals surface area contributed by atoms with Crippen molar-refractivity contribution < 1.29 is 17.3 Å². The van der Waals surface area contributed by atoms with E-state index in [1.807, 2.05) is 52.3 Å². The van der Waals surface area contributed by atoms with Gasteiger partial charge in [-0.25, -0.2) is 0 Å². The van der Waals surface area contributed by atoms with Gasteiger partial charge >= 0.3 is 23.1 Å². The van der Waals surface area contributed by atoms with Gasteiger partial charge in [-0.05, 0) is 31.9 Å². The molecule has 0 amide bonds. The number of nitro groups is 1. The molecule has 0 fully saturated rings. The van der Waals surface area contributed by atoms with E-state index in [1.54, 1.807) is 6.07 Å². The third-order valence-corrected chi connectivity index (χ3v) is 4.18. The summed E-state index contributed by atoms with van der Waals surface area (Å²) in [6, 6.07) is 12.0. The predicted molar refractivity (Wildman–Crippen MR) is 112 cm³/mol. The Morgan fingerprint density at radius 2 is 1.56 bits per heavy atom. The van der Waals surface area contributed by atoms with E-state index < -0.39 is 0 Å². The Kier molecular flexibility index (Phi) is 10.4. The number of rotatable bonds is 3. The summed E-state index contributed by atoms with van der Waals surface area (Å²) in [5, 5.41) is 13.6. The zero-order valence-corrected chi connectivity index (χ0v) is 19.2. The molecule has 0 spiro atoms. The molecule has 0 aliphatic heterocycles. The van der Waals surface area contributed by atoms with Gasteiger partial charge in [-0.15, -0.1) is 0 Å². The summed E-state index contributed by atoms with van der Waals surface area (Å²) in [4.78, 5) is 11.2. The Bertz CT molecular complexity index is 904. The second-order valence-corrected chi connectivity index (χ2v) is 6.86. The number of aromatic nitrogens is 1. The molecule has 6 heteroatoms. The summed E-state index contributed by atoms with van der Waals surface area (Å²) in [6.45, 7) is 12.3. The van der Waals surface area contributed by atoms with Gasteiger partial charge in [0.2, 0.25) is 0 Å². The van der Waals surface area contributed by atoms with Crippen LogP contribution < -0.4 is 12.4 Å². The van der Waals surface area contributed by atoms with Crippen LogP contribution in [-0.4, -0.2) is 32.5 Å². The minimum absolute atomic E-state index is 0. The van der Waals surface area contributed by atoms with Crippen molar-refractivity contribution in [2.45, 2.75) is 53.5 Å². The first-order chi connectivity index (χ1) is 11.8. The van der Waals surface area contributed by atoms with Gasteiger partial charge in [0.05, 0.1) is 10.4 Å². The molecule has 0 aliphatic rings. The number of hydrogen-bond donors (Lipinski definition) is 0. The van der Waals surface area contributed by atoms with Crippen LogP contribution in [0, 0.1) is 16.5 Å². The molecule has 0 radical (unpaired) electrons. The van der Waals surface area contributed by atoms with Crippen LogP contribution in [0.1, 0.15) is 59.1 Å². The van der Waals surface area contributed by atoms with Crippen LogP contribution in [0.25, 0.3) is 21.8 Å². The van der Waals surface area contributed by atoms with Crippen molar-refractivity contribution >= 4 is 50.5 Å². The topological polar surface area (TPSA) is 48.1 Å². The van der Waals surface area contributed by atoms with Crippen LogP contribution in [0.2, 0.25) is 0 Å². The van der Waals surface area contributed by atoms with Crippen LogP contribution in [0.15, 0.2) is 36.4 Å². The van der Waals surface area contributed by atoms with E-state index in [1.165, 1.54) is 0 Å². The fraction of sp³-hybridized carbons (Fsp3) is 0.381. The second-order valence-electron chi connectivity index (χ2n) is 6.86. The molecule has 0 bridgehead atoms. The molecule has 0 atom stereocenters. The van der Waals surface area contributed by atoms with Gasteiger partial charge in [0.15, 0.2) is 0 Å². The zero-order valence-electron chi connectivity index (χ0n) is 17.0. The fourth-order valence-corrected chi connectivity index (χ4v) is 3.41. The van der Waals surface area contributed by atoms with Crippen molar-refractivity contribution in [1.82, 2.24) is 4.57 Å². The van der Waals surface area contributed by atoms with Gasteiger partial charge in [0, 0.05) is 34.0 Å². The van der Waals surface area contributed by atoms with Crippen LogP contribution in [-0.2, 0) is 0 Å². The number of fused-ring (bicyclic) bond motifs is 3.